The molecule has 1 aliphatic heterocycles. The number of aromatic nitrogens is 1. The number of anilines is 1. The van der Waals surface area contributed by atoms with E-state index in [1.165, 1.54) is 23.1 Å². The fourth-order valence-corrected chi connectivity index (χ4v) is 4.80. The van der Waals surface area contributed by atoms with Crippen LogP contribution >= 0.6 is 23.1 Å². The van der Waals surface area contributed by atoms with E-state index < -0.39 is 17.5 Å². The molecule has 156 valence electrons. The molecule has 3 aromatic rings. The molecule has 0 saturated carbocycles. The summed E-state index contributed by atoms with van der Waals surface area (Å²) in [5.74, 6) is -1.27. The van der Waals surface area contributed by atoms with Gasteiger partial charge in [0.15, 0.2) is 5.13 Å². The number of nitrogens with one attached hydrogen (secondary N) is 3. The fraction of sp³-hybridized carbons (Fsp3) is 0.182. The highest BCUT2D eigenvalue weighted by Crippen LogP contribution is 2.28. The molecule has 1 saturated heterocycles. The van der Waals surface area contributed by atoms with E-state index in [0.717, 1.165) is 16.8 Å². The summed E-state index contributed by atoms with van der Waals surface area (Å²) < 4.78 is 0. The van der Waals surface area contributed by atoms with E-state index in [1.54, 1.807) is 0 Å². The minimum absolute atomic E-state index is 0.122. The Morgan fingerprint density at radius 3 is 2.58 bits per heavy atom. The van der Waals surface area contributed by atoms with Crippen LogP contribution in [0.2, 0.25) is 0 Å². The Labute approximate surface area is 187 Å². The molecule has 1 aliphatic rings. The highest BCUT2D eigenvalue weighted by molar-refractivity contribution is 8.00. The minimum Gasteiger partial charge on any atom is -0.331 e. The molecule has 2 amide bonds. The number of thiazole rings is 1. The van der Waals surface area contributed by atoms with Gasteiger partial charge in [0.2, 0.25) is 11.8 Å². The molecule has 9 heteroatoms. The molecule has 1 aromatic heterocycles. The number of nitrogens with zero attached hydrogens (tertiary/aromatic N) is 2. The van der Waals surface area contributed by atoms with E-state index in [-0.39, 0.29) is 17.6 Å². The summed E-state index contributed by atoms with van der Waals surface area (Å²) >= 11 is 2.62. The van der Waals surface area contributed by atoms with Crippen molar-refractivity contribution < 1.29 is 9.59 Å². The predicted octanol–water partition coefficient (Wildman–Crippen LogP) is 3.37. The molecule has 0 aliphatic carbocycles. The third-order valence-electron chi connectivity index (χ3n) is 4.72. The van der Waals surface area contributed by atoms with Crippen molar-refractivity contribution in [2.75, 3.05) is 11.1 Å². The zero-order valence-corrected chi connectivity index (χ0v) is 18.0. The van der Waals surface area contributed by atoms with Crippen molar-refractivity contribution >= 4 is 40.0 Å². The zero-order chi connectivity index (χ0) is 21.6. The number of thioether (sulfide) groups is 1. The minimum atomic E-state index is -0.834. The van der Waals surface area contributed by atoms with Crippen LogP contribution < -0.4 is 16.0 Å². The molecule has 2 heterocycles. The van der Waals surface area contributed by atoms with E-state index in [4.69, 9.17) is 0 Å². The molecular weight excluding hydrogens is 430 g/mol. The third-order valence-corrected chi connectivity index (χ3v) is 6.49. The van der Waals surface area contributed by atoms with Crippen molar-refractivity contribution in [2.45, 2.75) is 11.5 Å². The molecule has 1 fully saturated rings. The fourth-order valence-electron chi connectivity index (χ4n) is 3.23. The van der Waals surface area contributed by atoms with Crippen molar-refractivity contribution in [1.82, 2.24) is 15.6 Å². The first kappa shape index (κ1) is 21.1. The van der Waals surface area contributed by atoms with Gasteiger partial charge in [-0.25, -0.2) is 4.98 Å². The maximum absolute atomic E-state index is 12.4. The Kier molecular flexibility index (Phi) is 6.62. The van der Waals surface area contributed by atoms with Crippen molar-refractivity contribution in [3.63, 3.8) is 0 Å². The maximum atomic E-state index is 12.4. The Morgan fingerprint density at radius 2 is 1.87 bits per heavy atom. The summed E-state index contributed by atoms with van der Waals surface area (Å²) in [5.41, 5.74) is 2.17. The lowest BCUT2D eigenvalue weighted by molar-refractivity contribution is -0.126. The van der Waals surface area contributed by atoms with Crippen LogP contribution in [-0.4, -0.2) is 28.0 Å². The van der Waals surface area contributed by atoms with Gasteiger partial charge >= 0.3 is 0 Å². The van der Waals surface area contributed by atoms with Gasteiger partial charge in [0.05, 0.1) is 23.6 Å². The van der Waals surface area contributed by atoms with E-state index >= 15 is 0 Å². The van der Waals surface area contributed by atoms with Crippen molar-refractivity contribution in [1.29, 1.82) is 5.26 Å². The number of hydrogen-bond acceptors (Lipinski definition) is 7. The highest BCUT2D eigenvalue weighted by atomic mass is 32.2. The van der Waals surface area contributed by atoms with E-state index in [0.29, 0.717) is 5.13 Å². The highest BCUT2D eigenvalue weighted by Gasteiger charge is 2.37. The third kappa shape index (κ3) is 5.11. The molecule has 3 atom stereocenters. The number of hydrogen-bond donors (Lipinski definition) is 3. The molecule has 4 rings (SSSR count). The molecule has 3 N–H and O–H groups in total. The summed E-state index contributed by atoms with van der Waals surface area (Å²) in [6.45, 7) is 0. The average Bonchev–Trinajstić information content (AvgIpc) is 3.27. The number of carbonyl (C=O) groups is 2. The number of carbonyl (C=O) groups excluding carboxylic acids is 2. The Bertz CT molecular complexity index is 1100. The van der Waals surface area contributed by atoms with Gasteiger partial charge in [-0.05, 0) is 5.56 Å². The molecule has 0 bridgehead atoms. The van der Waals surface area contributed by atoms with Gasteiger partial charge in [-0.15, -0.1) is 23.1 Å². The maximum Gasteiger partial charge on any atom is 0.241 e. The number of amides is 2. The van der Waals surface area contributed by atoms with Crippen LogP contribution in [-0.2, 0) is 9.59 Å². The largest absolute Gasteiger partial charge is 0.331 e. The lowest BCUT2D eigenvalue weighted by Crippen LogP contribution is -2.56. The van der Waals surface area contributed by atoms with Gasteiger partial charge in [0, 0.05) is 10.9 Å². The number of benzene rings is 2. The summed E-state index contributed by atoms with van der Waals surface area (Å²) in [5, 5.41) is 20.7. The van der Waals surface area contributed by atoms with Gasteiger partial charge in [-0.3, -0.25) is 14.9 Å². The van der Waals surface area contributed by atoms with Gasteiger partial charge in [0.1, 0.15) is 11.4 Å². The smallest absolute Gasteiger partial charge is 0.241 e. The van der Waals surface area contributed by atoms with Gasteiger partial charge in [-0.2, -0.15) is 5.26 Å². The first-order valence-corrected chi connectivity index (χ1v) is 11.5. The number of rotatable bonds is 6. The normalized spacial score (nSPS) is 20.5. The zero-order valence-electron chi connectivity index (χ0n) is 16.3. The second kappa shape index (κ2) is 9.75. The summed E-state index contributed by atoms with van der Waals surface area (Å²) in [4.78, 5) is 29.2. The lowest BCUT2D eigenvalue weighted by Gasteiger charge is -2.34. The SMILES string of the molecule is N#CC1C(=O)NC(SCC(=O)Nc2nc(-c3ccccc3)cs2)NC1c1ccccc1. The lowest BCUT2D eigenvalue weighted by atomic mass is 9.92. The van der Waals surface area contributed by atoms with Crippen LogP contribution in [0.5, 0.6) is 0 Å². The molecule has 0 radical (unpaired) electrons. The van der Waals surface area contributed by atoms with E-state index in [1.807, 2.05) is 66.0 Å². The molecule has 31 heavy (non-hydrogen) atoms. The number of nitriles is 1. The van der Waals surface area contributed by atoms with Crippen molar-refractivity contribution in [2.24, 2.45) is 5.92 Å². The van der Waals surface area contributed by atoms with Gasteiger partial charge < -0.3 is 10.6 Å². The standard InChI is InChI=1S/C22H19N5O2S2/c23-11-16-19(15-9-5-2-6-10-15)26-22(27-20(16)29)31-13-18(28)25-21-24-17(12-30-21)14-7-3-1-4-8-14/h1-10,12,16,19,22,26H,13H2,(H,27,29)(H,24,25,28). The molecule has 0 spiro atoms. The van der Waals surface area contributed by atoms with Crippen molar-refractivity contribution in [3.05, 3.63) is 71.6 Å². The quantitative estimate of drug-likeness (QED) is 0.533. The van der Waals surface area contributed by atoms with Crippen LogP contribution in [0.4, 0.5) is 5.13 Å². The molecule has 7 nitrogen and oxygen atoms in total. The van der Waals surface area contributed by atoms with Crippen LogP contribution in [0, 0.1) is 17.2 Å². The van der Waals surface area contributed by atoms with E-state index in [9.17, 15) is 14.9 Å². The predicted molar refractivity (Wildman–Crippen MR) is 122 cm³/mol. The second-order valence-corrected chi connectivity index (χ2v) is 8.77. The Hall–Kier alpha value is -3.19. The monoisotopic (exact) mass is 449 g/mol. The first-order chi connectivity index (χ1) is 15.1. The topological polar surface area (TPSA) is 107 Å². The van der Waals surface area contributed by atoms with Gasteiger partial charge in [0.25, 0.3) is 0 Å². The van der Waals surface area contributed by atoms with Gasteiger partial charge in [-0.1, -0.05) is 60.7 Å². The molecular formula is C22H19N5O2S2. The Balaban J connectivity index is 1.34. The second-order valence-electron chi connectivity index (χ2n) is 6.81. The molecule has 2 aromatic carbocycles. The van der Waals surface area contributed by atoms with E-state index in [2.05, 4.69) is 27.0 Å². The first-order valence-electron chi connectivity index (χ1n) is 9.57. The van der Waals surface area contributed by atoms with Crippen LogP contribution in [0.3, 0.4) is 0 Å². The molecule has 3 unspecified atom stereocenters. The van der Waals surface area contributed by atoms with Crippen LogP contribution in [0.1, 0.15) is 11.6 Å². The summed E-state index contributed by atoms with van der Waals surface area (Å²) in [6.07, 6.45) is 0. The summed E-state index contributed by atoms with van der Waals surface area (Å²) in [7, 11) is 0. The van der Waals surface area contributed by atoms with Crippen molar-refractivity contribution in [3.8, 4) is 17.3 Å². The Morgan fingerprint density at radius 1 is 1.16 bits per heavy atom. The van der Waals surface area contributed by atoms with Crippen LogP contribution in [0.15, 0.2) is 66.0 Å². The van der Waals surface area contributed by atoms with Crippen LogP contribution in [0.25, 0.3) is 11.3 Å². The summed E-state index contributed by atoms with van der Waals surface area (Å²) in [6, 6.07) is 20.7. The average molecular weight is 450 g/mol.